The molecule has 8 nitrogen and oxygen atoms in total. The van der Waals surface area contributed by atoms with Gasteiger partial charge in [-0.25, -0.2) is 4.39 Å². The van der Waals surface area contributed by atoms with E-state index >= 15 is 0 Å². The second-order valence-corrected chi connectivity index (χ2v) is 9.57. The smallest absolute Gasteiger partial charge is 0.254 e. The number of allylic oxidation sites excluding steroid dienone is 1. The number of halogens is 1. The summed E-state index contributed by atoms with van der Waals surface area (Å²) in [6, 6.07) is 8.13. The summed E-state index contributed by atoms with van der Waals surface area (Å²) in [6.07, 6.45) is 5.96. The molecule has 9 heteroatoms. The molecular formula is C29H36FN5O3. The van der Waals surface area contributed by atoms with Crippen LogP contribution in [0.5, 0.6) is 11.5 Å². The van der Waals surface area contributed by atoms with Crippen molar-refractivity contribution in [3.63, 3.8) is 0 Å². The van der Waals surface area contributed by atoms with Crippen molar-refractivity contribution in [2.75, 3.05) is 14.1 Å². The van der Waals surface area contributed by atoms with Crippen LogP contribution in [0.1, 0.15) is 47.8 Å². The maximum absolute atomic E-state index is 14.2. The maximum Gasteiger partial charge on any atom is 0.254 e. The molecule has 0 radical (unpaired) electrons. The van der Waals surface area contributed by atoms with Crippen molar-refractivity contribution in [2.45, 2.75) is 46.6 Å². The van der Waals surface area contributed by atoms with E-state index in [-0.39, 0.29) is 11.1 Å². The van der Waals surface area contributed by atoms with Gasteiger partial charge in [0.25, 0.3) is 5.91 Å². The molecule has 2 aromatic carbocycles. The van der Waals surface area contributed by atoms with E-state index in [2.05, 4.69) is 20.6 Å². The Balaban J connectivity index is 0.000000391. The van der Waals surface area contributed by atoms with Crippen molar-refractivity contribution >= 4 is 29.3 Å². The molecule has 3 aromatic rings. The van der Waals surface area contributed by atoms with Crippen LogP contribution < -0.4 is 21.1 Å². The lowest BCUT2D eigenvalue weighted by molar-refractivity contribution is -0.107. The number of hydrogen-bond donors (Lipinski definition) is 3. The van der Waals surface area contributed by atoms with Gasteiger partial charge in [0.15, 0.2) is 0 Å². The molecule has 0 unspecified atom stereocenters. The summed E-state index contributed by atoms with van der Waals surface area (Å²) >= 11 is 0. The highest BCUT2D eigenvalue weighted by atomic mass is 19.1. The number of aliphatic imine (C=N–C) groups is 1. The monoisotopic (exact) mass is 521 g/mol. The fraction of sp³-hybridized carbons (Fsp3) is 0.310. The summed E-state index contributed by atoms with van der Waals surface area (Å²) in [4.78, 5) is 31.1. The largest absolute Gasteiger partial charge is 0.456 e. The number of aromatic nitrogens is 1. The molecule has 0 aliphatic heterocycles. The highest BCUT2D eigenvalue weighted by Crippen LogP contribution is 2.34. The molecule has 0 fully saturated rings. The summed E-state index contributed by atoms with van der Waals surface area (Å²) in [6.45, 7) is 9.90. The Labute approximate surface area is 223 Å². The molecule has 0 atom stereocenters. The molecule has 0 aliphatic carbocycles. The van der Waals surface area contributed by atoms with Crippen LogP contribution in [0.4, 0.5) is 4.39 Å². The first-order chi connectivity index (χ1) is 17.9. The van der Waals surface area contributed by atoms with Gasteiger partial charge in [-0.2, -0.15) is 0 Å². The average molecular weight is 522 g/mol. The second-order valence-electron chi connectivity index (χ2n) is 9.57. The molecule has 38 heavy (non-hydrogen) atoms. The number of pyridine rings is 1. The zero-order chi connectivity index (χ0) is 28.5. The minimum absolute atomic E-state index is 0.0366. The summed E-state index contributed by atoms with van der Waals surface area (Å²) in [5.41, 5.74) is 9.09. The van der Waals surface area contributed by atoms with E-state index < -0.39 is 11.7 Å². The van der Waals surface area contributed by atoms with E-state index in [1.807, 2.05) is 53.8 Å². The quantitative estimate of drug-likeness (QED) is 0.305. The molecule has 1 amide bonds. The first-order valence-electron chi connectivity index (χ1n) is 12.1. The molecule has 0 spiro atoms. The van der Waals surface area contributed by atoms with Crippen LogP contribution in [-0.4, -0.2) is 43.0 Å². The maximum atomic E-state index is 14.2. The van der Waals surface area contributed by atoms with E-state index in [0.29, 0.717) is 28.8 Å². The number of amides is 1. The highest BCUT2D eigenvalue weighted by Gasteiger charge is 2.16. The van der Waals surface area contributed by atoms with Crippen LogP contribution in [0.15, 0.2) is 53.4 Å². The van der Waals surface area contributed by atoms with Gasteiger partial charge < -0.3 is 25.9 Å². The molecule has 3 rings (SSSR count). The third-order valence-electron chi connectivity index (χ3n) is 5.37. The van der Waals surface area contributed by atoms with Gasteiger partial charge in [-0.05, 0) is 63.4 Å². The minimum atomic E-state index is -0.642. The van der Waals surface area contributed by atoms with Gasteiger partial charge in [0.1, 0.15) is 23.6 Å². The van der Waals surface area contributed by atoms with Gasteiger partial charge in [-0.1, -0.05) is 12.1 Å². The zero-order valence-electron chi connectivity index (χ0n) is 23.0. The Morgan fingerprint density at radius 3 is 2.32 bits per heavy atom. The van der Waals surface area contributed by atoms with E-state index in [4.69, 9.17) is 10.5 Å². The fourth-order valence-corrected chi connectivity index (χ4v) is 3.52. The summed E-state index contributed by atoms with van der Waals surface area (Å²) in [7, 11) is 3.26. The molecule has 202 valence electrons. The first kappa shape index (κ1) is 30.0. The third kappa shape index (κ3) is 8.12. The van der Waals surface area contributed by atoms with Gasteiger partial charge in [0.2, 0.25) is 0 Å². The highest BCUT2D eigenvalue weighted by molar-refractivity contribution is 5.99. The second kappa shape index (κ2) is 13.3. The fourth-order valence-electron chi connectivity index (χ4n) is 3.52. The normalized spacial score (nSPS) is 11.6. The molecule has 0 saturated heterocycles. The van der Waals surface area contributed by atoms with Gasteiger partial charge >= 0.3 is 0 Å². The molecular weight excluding hydrogens is 485 g/mol. The van der Waals surface area contributed by atoms with E-state index in [1.54, 1.807) is 12.3 Å². The van der Waals surface area contributed by atoms with Crippen molar-refractivity contribution in [3.8, 4) is 11.5 Å². The molecule has 0 bridgehead atoms. The van der Waals surface area contributed by atoms with Crippen molar-refractivity contribution in [3.05, 3.63) is 76.5 Å². The third-order valence-corrected chi connectivity index (χ3v) is 5.37. The summed E-state index contributed by atoms with van der Waals surface area (Å²) < 4.78 is 20.3. The average Bonchev–Trinajstić information content (AvgIpc) is 2.86. The summed E-state index contributed by atoms with van der Waals surface area (Å²) in [5, 5.41) is 5.87. The van der Waals surface area contributed by atoms with Crippen molar-refractivity contribution in [2.24, 2.45) is 10.7 Å². The number of carbonyl (C=O) groups excluding carboxylic acids is 2. The molecule has 0 aliphatic rings. The van der Waals surface area contributed by atoms with Gasteiger partial charge in [-0.15, -0.1) is 0 Å². The SMILES string of the molecule is CN/C(C=NC(C)(C)C)=C/N.CNC(=O)c1cc2c(Oc3c(C)cc(CC=O)cc3C)ccnc2cc1F. The number of ether oxygens (including phenoxy) is 1. The number of benzene rings is 2. The van der Waals surface area contributed by atoms with Crippen LogP contribution in [0.2, 0.25) is 0 Å². The Morgan fingerprint density at radius 2 is 1.79 bits per heavy atom. The predicted molar refractivity (Wildman–Crippen MR) is 150 cm³/mol. The van der Waals surface area contributed by atoms with Crippen LogP contribution in [-0.2, 0) is 11.2 Å². The lowest BCUT2D eigenvalue weighted by Gasteiger charge is -2.15. The standard InChI is InChI=1S/C21H19FN2O3.C8H17N3/c1-12-8-14(5-7-25)9-13(2)20(12)27-19-4-6-24-18-11-17(22)15(10-16(18)19)21(26)23-3;1-8(2,3)11-6-7(5-9)10-4/h4,6-11H,5H2,1-3H3,(H,23,26);5-6,10H,9H2,1-4H3/b;7-5+,11-6?. The van der Waals surface area contributed by atoms with Crippen LogP contribution in [0.3, 0.4) is 0 Å². The van der Waals surface area contributed by atoms with E-state index in [9.17, 15) is 14.0 Å². The number of carbonyl (C=O) groups is 2. The van der Waals surface area contributed by atoms with Crippen molar-refractivity contribution < 1.29 is 18.7 Å². The van der Waals surface area contributed by atoms with E-state index in [1.165, 1.54) is 31.6 Å². The molecule has 1 heterocycles. The van der Waals surface area contributed by atoms with Crippen LogP contribution >= 0.6 is 0 Å². The number of nitrogens with two attached hydrogens (primary N) is 1. The number of fused-ring (bicyclic) bond motifs is 1. The Kier molecular flexibility index (Phi) is 10.5. The molecule has 1 aromatic heterocycles. The predicted octanol–water partition coefficient (Wildman–Crippen LogP) is 4.76. The summed E-state index contributed by atoms with van der Waals surface area (Å²) in [5.74, 6) is -0.0330. The van der Waals surface area contributed by atoms with E-state index in [0.717, 1.165) is 28.7 Å². The number of rotatable bonds is 7. The Bertz CT molecular complexity index is 1340. The van der Waals surface area contributed by atoms with Crippen LogP contribution in [0.25, 0.3) is 10.9 Å². The molecule has 4 N–H and O–H groups in total. The number of aryl methyl sites for hydroxylation is 2. The van der Waals surface area contributed by atoms with Gasteiger partial charge in [0.05, 0.1) is 22.3 Å². The molecule has 0 saturated carbocycles. The minimum Gasteiger partial charge on any atom is -0.456 e. The zero-order valence-corrected chi connectivity index (χ0v) is 23.0. The van der Waals surface area contributed by atoms with Crippen LogP contribution in [0, 0.1) is 19.7 Å². The number of nitrogens with one attached hydrogen (secondary N) is 2. The Morgan fingerprint density at radius 1 is 1.13 bits per heavy atom. The number of hydrogen-bond acceptors (Lipinski definition) is 7. The number of nitrogens with zero attached hydrogens (tertiary/aromatic N) is 2. The van der Waals surface area contributed by atoms with Gasteiger partial charge in [0, 0.05) is 50.6 Å². The lowest BCUT2D eigenvalue weighted by atomic mass is 10.0. The topological polar surface area (TPSA) is 119 Å². The van der Waals surface area contributed by atoms with Crippen molar-refractivity contribution in [1.29, 1.82) is 0 Å². The number of aldehydes is 1. The van der Waals surface area contributed by atoms with Crippen molar-refractivity contribution in [1.82, 2.24) is 15.6 Å². The Hall–Kier alpha value is -4.27. The first-order valence-corrected chi connectivity index (χ1v) is 12.1. The van der Waals surface area contributed by atoms with Gasteiger partial charge in [-0.3, -0.25) is 14.8 Å². The lowest BCUT2D eigenvalue weighted by Crippen LogP contribution is -2.19.